The van der Waals surface area contributed by atoms with Gasteiger partial charge < -0.3 is 20.5 Å². The van der Waals surface area contributed by atoms with Crippen LogP contribution in [0, 0.1) is 0 Å². The fourth-order valence-corrected chi connectivity index (χ4v) is 3.72. The van der Waals surface area contributed by atoms with Gasteiger partial charge >= 0.3 is 6.01 Å². The number of benzene rings is 1. The summed E-state index contributed by atoms with van der Waals surface area (Å²) in [5, 5.41) is 3.59. The van der Waals surface area contributed by atoms with E-state index in [1.54, 1.807) is 7.11 Å². The van der Waals surface area contributed by atoms with Crippen LogP contribution in [-0.4, -0.2) is 35.1 Å². The zero-order valence-electron chi connectivity index (χ0n) is 16.6. The number of nitrogens with zero attached hydrogens (tertiary/aromatic N) is 2. The average molecular weight is 401 g/mol. The summed E-state index contributed by atoms with van der Waals surface area (Å²) in [6.45, 7) is 8.06. The van der Waals surface area contributed by atoms with Crippen molar-refractivity contribution >= 4 is 33.1 Å². The Morgan fingerprint density at radius 1 is 1.29 bits per heavy atom. The first-order chi connectivity index (χ1) is 13.2. The van der Waals surface area contributed by atoms with Gasteiger partial charge in [-0.05, 0) is 39.8 Å². The van der Waals surface area contributed by atoms with Crippen LogP contribution in [0.4, 0.5) is 5.69 Å². The minimum Gasteiger partial charge on any atom is -0.497 e. The lowest BCUT2D eigenvalue weighted by atomic mass is 10.1. The van der Waals surface area contributed by atoms with E-state index in [0.29, 0.717) is 38.8 Å². The maximum atomic E-state index is 12.7. The number of nitrogens with two attached hydrogens (primary N) is 1. The monoisotopic (exact) mass is 400 g/mol. The van der Waals surface area contributed by atoms with Crippen LogP contribution < -0.4 is 20.5 Å². The molecule has 3 N–H and O–H groups in total. The van der Waals surface area contributed by atoms with Gasteiger partial charge in [0.25, 0.3) is 5.91 Å². The van der Waals surface area contributed by atoms with Crippen LogP contribution in [0.1, 0.15) is 37.4 Å². The predicted octanol–water partition coefficient (Wildman–Crippen LogP) is 3.88. The zero-order valence-corrected chi connectivity index (χ0v) is 17.4. The lowest BCUT2D eigenvalue weighted by Gasteiger charge is -2.20. The number of nitrogen functional groups attached to an aromatic ring is 1. The molecule has 0 saturated carbocycles. The highest BCUT2D eigenvalue weighted by atomic mass is 32.1. The maximum Gasteiger partial charge on any atom is 0.318 e. The molecular formula is C20H24N4O3S. The minimum absolute atomic E-state index is 0.234. The molecule has 0 radical (unpaired) electrons. The van der Waals surface area contributed by atoms with Gasteiger partial charge in [-0.25, -0.2) is 0 Å². The second-order valence-corrected chi connectivity index (χ2v) is 8.25. The van der Waals surface area contributed by atoms with Crippen molar-refractivity contribution in [1.29, 1.82) is 0 Å². The molecule has 0 spiro atoms. The van der Waals surface area contributed by atoms with E-state index >= 15 is 0 Å². The lowest BCUT2D eigenvalue weighted by Crippen LogP contribution is -2.40. The molecule has 0 bridgehead atoms. The summed E-state index contributed by atoms with van der Waals surface area (Å²) in [7, 11) is 1.61. The molecular weight excluding hydrogens is 376 g/mol. The second-order valence-electron chi connectivity index (χ2n) is 7.25. The van der Waals surface area contributed by atoms with E-state index in [1.165, 1.54) is 11.3 Å². The first kappa shape index (κ1) is 19.9. The first-order valence-electron chi connectivity index (χ1n) is 8.93. The molecule has 3 rings (SSSR count). The molecule has 0 saturated heterocycles. The highest BCUT2D eigenvalue weighted by molar-refractivity contribution is 7.21. The van der Waals surface area contributed by atoms with Gasteiger partial charge in [0, 0.05) is 11.1 Å². The highest BCUT2D eigenvalue weighted by Gasteiger charge is 2.25. The van der Waals surface area contributed by atoms with E-state index in [0.717, 1.165) is 5.56 Å². The average Bonchev–Trinajstić information content (AvgIpc) is 2.97. The standard InChI is InChI=1S/C20H24N4O3S/c1-6-27-19-22-15(11-8-7-9-12(10-11)26-5)13-14(21)16(28-18(13)23-19)17(25)24-20(2,3)4/h7-10H,6,21H2,1-5H3,(H,24,25). The number of ether oxygens (including phenoxy) is 2. The quantitative estimate of drug-likeness (QED) is 0.674. The Hall–Kier alpha value is -2.87. The van der Waals surface area contributed by atoms with Crippen molar-refractivity contribution in [1.82, 2.24) is 15.3 Å². The first-order valence-corrected chi connectivity index (χ1v) is 9.75. The SMILES string of the molecule is CCOc1nc(-c2cccc(OC)c2)c2c(N)c(C(=O)NC(C)(C)C)sc2n1. The molecule has 3 aromatic rings. The number of rotatable bonds is 5. The van der Waals surface area contributed by atoms with Crippen LogP contribution in [0.3, 0.4) is 0 Å². The molecule has 148 valence electrons. The Morgan fingerprint density at radius 2 is 2.04 bits per heavy atom. The Kier molecular flexibility index (Phi) is 5.42. The number of nitrogens with one attached hydrogen (secondary N) is 1. The molecule has 1 amide bonds. The van der Waals surface area contributed by atoms with Gasteiger partial charge in [0.05, 0.1) is 30.5 Å². The minimum atomic E-state index is -0.377. The van der Waals surface area contributed by atoms with Crippen LogP contribution in [0.2, 0.25) is 0 Å². The van der Waals surface area contributed by atoms with Gasteiger partial charge in [-0.2, -0.15) is 9.97 Å². The summed E-state index contributed by atoms with van der Waals surface area (Å²) >= 11 is 1.23. The molecule has 8 heteroatoms. The smallest absolute Gasteiger partial charge is 0.318 e. The van der Waals surface area contributed by atoms with Crippen molar-refractivity contribution in [2.75, 3.05) is 19.5 Å². The van der Waals surface area contributed by atoms with E-state index in [-0.39, 0.29) is 17.5 Å². The third kappa shape index (κ3) is 4.01. The molecule has 2 heterocycles. The topological polar surface area (TPSA) is 99.4 Å². The molecule has 0 fully saturated rings. The molecule has 2 aromatic heterocycles. The van der Waals surface area contributed by atoms with E-state index in [2.05, 4.69) is 15.3 Å². The Balaban J connectivity index is 2.22. The van der Waals surface area contributed by atoms with Gasteiger partial charge in [-0.15, -0.1) is 11.3 Å². The van der Waals surface area contributed by atoms with Crippen molar-refractivity contribution in [3.63, 3.8) is 0 Å². The number of carbonyl (C=O) groups is 1. The summed E-state index contributed by atoms with van der Waals surface area (Å²) in [6, 6.07) is 7.75. The lowest BCUT2D eigenvalue weighted by molar-refractivity contribution is 0.0924. The van der Waals surface area contributed by atoms with Crippen LogP contribution in [0.25, 0.3) is 21.5 Å². The number of fused-ring (bicyclic) bond motifs is 1. The van der Waals surface area contributed by atoms with E-state index in [4.69, 9.17) is 15.2 Å². The number of anilines is 1. The number of amides is 1. The Bertz CT molecular complexity index is 1020. The van der Waals surface area contributed by atoms with Gasteiger partial charge in [0.1, 0.15) is 15.5 Å². The predicted molar refractivity (Wildman–Crippen MR) is 112 cm³/mol. The Morgan fingerprint density at radius 3 is 2.68 bits per heavy atom. The zero-order chi connectivity index (χ0) is 20.5. The highest BCUT2D eigenvalue weighted by Crippen LogP contribution is 2.40. The van der Waals surface area contributed by atoms with Crippen molar-refractivity contribution < 1.29 is 14.3 Å². The van der Waals surface area contributed by atoms with E-state index < -0.39 is 0 Å². The Labute approximate surface area is 167 Å². The molecule has 0 unspecified atom stereocenters. The van der Waals surface area contributed by atoms with Crippen LogP contribution in [-0.2, 0) is 0 Å². The number of aromatic nitrogens is 2. The van der Waals surface area contributed by atoms with E-state index in [9.17, 15) is 4.79 Å². The number of thiophene rings is 1. The third-order valence-corrected chi connectivity index (χ3v) is 4.98. The van der Waals surface area contributed by atoms with Gasteiger partial charge in [-0.1, -0.05) is 12.1 Å². The number of carbonyl (C=O) groups excluding carboxylic acids is 1. The molecule has 0 aliphatic rings. The van der Waals surface area contributed by atoms with Crippen molar-refractivity contribution in [2.45, 2.75) is 33.2 Å². The van der Waals surface area contributed by atoms with Crippen LogP contribution in [0.15, 0.2) is 24.3 Å². The van der Waals surface area contributed by atoms with Crippen LogP contribution >= 0.6 is 11.3 Å². The number of methoxy groups -OCH3 is 1. The normalized spacial score (nSPS) is 11.5. The van der Waals surface area contributed by atoms with Crippen molar-refractivity contribution in [2.24, 2.45) is 0 Å². The summed E-state index contributed by atoms with van der Waals surface area (Å²) in [4.78, 5) is 22.7. The number of hydrogen-bond donors (Lipinski definition) is 2. The molecule has 28 heavy (non-hydrogen) atoms. The molecule has 0 atom stereocenters. The fraction of sp³-hybridized carbons (Fsp3) is 0.350. The fourth-order valence-electron chi connectivity index (χ4n) is 2.74. The second kappa shape index (κ2) is 7.63. The molecule has 0 aliphatic carbocycles. The largest absolute Gasteiger partial charge is 0.497 e. The summed E-state index contributed by atoms with van der Waals surface area (Å²) in [6.07, 6.45) is 0. The number of hydrogen-bond acceptors (Lipinski definition) is 7. The third-order valence-electron chi connectivity index (χ3n) is 3.88. The van der Waals surface area contributed by atoms with Crippen molar-refractivity contribution in [3.05, 3.63) is 29.1 Å². The molecule has 7 nitrogen and oxygen atoms in total. The van der Waals surface area contributed by atoms with Crippen LogP contribution in [0.5, 0.6) is 11.8 Å². The van der Waals surface area contributed by atoms with Gasteiger partial charge in [0.15, 0.2) is 0 Å². The molecule has 0 aliphatic heterocycles. The molecule has 1 aromatic carbocycles. The summed E-state index contributed by atoms with van der Waals surface area (Å²) in [5.41, 5.74) is 7.79. The van der Waals surface area contributed by atoms with E-state index in [1.807, 2.05) is 52.0 Å². The van der Waals surface area contributed by atoms with Crippen molar-refractivity contribution in [3.8, 4) is 23.0 Å². The van der Waals surface area contributed by atoms with Gasteiger partial charge in [0.2, 0.25) is 0 Å². The van der Waals surface area contributed by atoms with Gasteiger partial charge in [-0.3, -0.25) is 4.79 Å². The summed E-state index contributed by atoms with van der Waals surface area (Å²) < 4.78 is 10.9. The summed E-state index contributed by atoms with van der Waals surface area (Å²) in [5.74, 6) is 0.462. The maximum absolute atomic E-state index is 12.7.